The summed E-state index contributed by atoms with van der Waals surface area (Å²) in [4.78, 5) is 10.6. The van der Waals surface area contributed by atoms with Gasteiger partial charge in [0, 0.05) is 12.6 Å². The van der Waals surface area contributed by atoms with Crippen LogP contribution in [0.5, 0.6) is 11.5 Å². The second-order valence-electron chi connectivity index (χ2n) is 4.27. The van der Waals surface area contributed by atoms with Gasteiger partial charge in [-0.3, -0.25) is 0 Å². The van der Waals surface area contributed by atoms with Crippen molar-refractivity contribution in [2.24, 2.45) is 0 Å². The van der Waals surface area contributed by atoms with Crippen LogP contribution in [0.1, 0.15) is 6.92 Å². The fourth-order valence-electron chi connectivity index (χ4n) is 1.55. The van der Waals surface area contributed by atoms with E-state index in [1.54, 1.807) is 0 Å². The normalized spacial score (nSPS) is 12.7. The largest absolute Gasteiger partial charge is 0.493 e. The summed E-state index contributed by atoms with van der Waals surface area (Å²) < 4.78 is 41.5. The smallest absolute Gasteiger partial charge is 0.332 e. The highest BCUT2D eigenvalue weighted by molar-refractivity contribution is 7.89. The van der Waals surface area contributed by atoms with Crippen LogP contribution in [0.3, 0.4) is 0 Å². The molecule has 0 aliphatic heterocycles. The molecule has 1 rings (SSSR count). The number of carbonyl (C=O) groups is 1. The van der Waals surface area contributed by atoms with Crippen molar-refractivity contribution in [2.45, 2.75) is 17.9 Å². The molecule has 22 heavy (non-hydrogen) atoms. The average Bonchev–Trinajstić information content (AvgIpc) is 2.50. The zero-order valence-electron chi connectivity index (χ0n) is 12.5. The minimum absolute atomic E-state index is 0.0106. The molecule has 1 atom stereocenters. The fourth-order valence-corrected chi connectivity index (χ4v) is 2.58. The number of ether oxygens (including phenoxy) is 3. The number of rotatable bonds is 9. The molecule has 0 saturated heterocycles. The third-order valence-corrected chi connectivity index (χ3v) is 4.23. The standard InChI is InChI=1S/C13H19NO7S/c1-9(13(15)16)21-7-6-14-22(17,18)10-4-5-11(19-2)12(8-10)20-3/h4-5,8-9,14H,6-7H2,1-3H3,(H,15,16). The molecule has 2 N–H and O–H groups in total. The van der Waals surface area contributed by atoms with Gasteiger partial charge in [-0.2, -0.15) is 0 Å². The topological polar surface area (TPSA) is 111 Å². The molecule has 1 aromatic rings. The first-order valence-corrected chi connectivity index (χ1v) is 7.86. The number of hydrogen-bond acceptors (Lipinski definition) is 6. The van der Waals surface area contributed by atoms with Gasteiger partial charge < -0.3 is 19.3 Å². The molecule has 0 heterocycles. The summed E-state index contributed by atoms with van der Waals surface area (Å²) in [7, 11) is -0.894. The molecule has 0 radical (unpaired) electrons. The van der Waals surface area contributed by atoms with Crippen molar-refractivity contribution in [1.29, 1.82) is 0 Å². The maximum Gasteiger partial charge on any atom is 0.332 e. The van der Waals surface area contributed by atoms with Gasteiger partial charge in [0.1, 0.15) is 0 Å². The van der Waals surface area contributed by atoms with Gasteiger partial charge in [-0.15, -0.1) is 0 Å². The number of sulfonamides is 1. The average molecular weight is 333 g/mol. The molecule has 0 aromatic heterocycles. The highest BCUT2D eigenvalue weighted by Gasteiger charge is 2.17. The maximum atomic E-state index is 12.1. The van der Waals surface area contributed by atoms with Crippen LogP contribution in [0.4, 0.5) is 0 Å². The third-order valence-electron chi connectivity index (χ3n) is 2.78. The summed E-state index contributed by atoms with van der Waals surface area (Å²) in [6.07, 6.45) is -0.995. The van der Waals surface area contributed by atoms with Crippen LogP contribution >= 0.6 is 0 Å². The molecule has 8 nitrogen and oxygen atoms in total. The molecule has 0 bridgehead atoms. The number of carboxylic acid groups (broad SMARTS) is 1. The Balaban J connectivity index is 2.69. The maximum absolute atomic E-state index is 12.1. The molecular formula is C13H19NO7S. The molecule has 0 aliphatic carbocycles. The summed E-state index contributed by atoms with van der Waals surface area (Å²) in [6.45, 7) is 1.26. The van der Waals surface area contributed by atoms with Crippen LogP contribution < -0.4 is 14.2 Å². The van der Waals surface area contributed by atoms with Crippen LogP contribution in [-0.2, 0) is 19.6 Å². The minimum Gasteiger partial charge on any atom is -0.493 e. The van der Waals surface area contributed by atoms with Crippen molar-refractivity contribution >= 4 is 16.0 Å². The van der Waals surface area contributed by atoms with E-state index in [4.69, 9.17) is 19.3 Å². The second kappa shape index (κ2) is 7.97. The zero-order chi connectivity index (χ0) is 16.8. The van der Waals surface area contributed by atoms with E-state index in [2.05, 4.69) is 4.72 Å². The van der Waals surface area contributed by atoms with Gasteiger partial charge in [-0.05, 0) is 19.1 Å². The monoisotopic (exact) mass is 333 g/mol. The van der Waals surface area contributed by atoms with Crippen LogP contribution in [-0.4, -0.2) is 53.0 Å². The summed E-state index contributed by atoms with van der Waals surface area (Å²) >= 11 is 0. The number of aliphatic carboxylic acids is 1. The van der Waals surface area contributed by atoms with Crippen molar-refractivity contribution in [3.05, 3.63) is 18.2 Å². The Labute approximate surface area is 129 Å². The minimum atomic E-state index is -3.75. The lowest BCUT2D eigenvalue weighted by atomic mass is 10.3. The first-order valence-electron chi connectivity index (χ1n) is 6.38. The number of nitrogens with one attached hydrogen (secondary N) is 1. The molecular weight excluding hydrogens is 314 g/mol. The lowest BCUT2D eigenvalue weighted by molar-refractivity contribution is -0.148. The molecule has 124 valence electrons. The van der Waals surface area contributed by atoms with E-state index in [9.17, 15) is 13.2 Å². The molecule has 1 unspecified atom stereocenters. The van der Waals surface area contributed by atoms with Gasteiger partial charge in [0.2, 0.25) is 10.0 Å². The Hall–Kier alpha value is -1.84. The van der Waals surface area contributed by atoms with E-state index in [1.807, 2.05) is 0 Å². The van der Waals surface area contributed by atoms with Crippen molar-refractivity contribution in [2.75, 3.05) is 27.4 Å². The SMILES string of the molecule is COc1ccc(S(=O)(=O)NCCOC(C)C(=O)O)cc1OC. The van der Waals surface area contributed by atoms with Gasteiger partial charge >= 0.3 is 5.97 Å². The van der Waals surface area contributed by atoms with E-state index >= 15 is 0 Å². The molecule has 0 aliphatic rings. The third kappa shape index (κ3) is 4.86. The van der Waals surface area contributed by atoms with Gasteiger partial charge in [0.05, 0.1) is 25.7 Å². The predicted octanol–water partition coefficient (Wildman–Crippen LogP) is 0.472. The van der Waals surface area contributed by atoms with Crippen LogP contribution in [0, 0.1) is 0 Å². The van der Waals surface area contributed by atoms with Gasteiger partial charge in [-0.25, -0.2) is 17.9 Å². The predicted molar refractivity (Wildman–Crippen MR) is 77.8 cm³/mol. The molecule has 0 saturated carbocycles. The van der Waals surface area contributed by atoms with Crippen LogP contribution in [0.25, 0.3) is 0 Å². The molecule has 0 spiro atoms. The quantitative estimate of drug-likeness (QED) is 0.632. The lowest BCUT2D eigenvalue weighted by Gasteiger charge is -2.12. The Bertz CT molecular complexity index is 615. The van der Waals surface area contributed by atoms with Gasteiger partial charge in [-0.1, -0.05) is 0 Å². The van der Waals surface area contributed by atoms with Crippen LogP contribution in [0.2, 0.25) is 0 Å². The number of carboxylic acids is 1. The summed E-state index contributed by atoms with van der Waals surface area (Å²) in [6, 6.07) is 4.20. The van der Waals surface area contributed by atoms with E-state index in [0.29, 0.717) is 11.5 Å². The molecule has 1 aromatic carbocycles. The molecule has 0 fully saturated rings. The summed E-state index contributed by atoms with van der Waals surface area (Å²) in [5.41, 5.74) is 0. The fraction of sp³-hybridized carbons (Fsp3) is 0.462. The van der Waals surface area contributed by atoms with Crippen molar-refractivity contribution in [3.63, 3.8) is 0 Å². The number of benzene rings is 1. The van der Waals surface area contributed by atoms with Gasteiger partial charge in [0.15, 0.2) is 17.6 Å². The Kier molecular flexibility index (Phi) is 6.60. The Morgan fingerprint density at radius 3 is 2.45 bits per heavy atom. The zero-order valence-corrected chi connectivity index (χ0v) is 13.3. The number of methoxy groups -OCH3 is 2. The van der Waals surface area contributed by atoms with E-state index in [-0.39, 0.29) is 18.0 Å². The van der Waals surface area contributed by atoms with E-state index < -0.39 is 22.1 Å². The van der Waals surface area contributed by atoms with Crippen LogP contribution in [0.15, 0.2) is 23.1 Å². The van der Waals surface area contributed by atoms with Crippen molar-refractivity contribution in [3.8, 4) is 11.5 Å². The highest BCUT2D eigenvalue weighted by atomic mass is 32.2. The summed E-state index contributed by atoms with van der Waals surface area (Å²) in [5.74, 6) is -0.399. The summed E-state index contributed by atoms with van der Waals surface area (Å²) in [5, 5.41) is 8.64. The van der Waals surface area contributed by atoms with E-state index in [0.717, 1.165) is 0 Å². The molecule has 0 amide bonds. The van der Waals surface area contributed by atoms with Crippen molar-refractivity contribution in [1.82, 2.24) is 4.72 Å². The van der Waals surface area contributed by atoms with Crippen molar-refractivity contribution < 1.29 is 32.5 Å². The van der Waals surface area contributed by atoms with Gasteiger partial charge in [0.25, 0.3) is 0 Å². The van der Waals surface area contributed by atoms with E-state index in [1.165, 1.54) is 39.3 Å². The highest BCUT2D eigenvalue weighted by Crippen LogP contribution is 2.29. The lowest BCUT2D eigenvalue weighted by Crippen LogP contribution is -2.30. The second-order valence-corrected chi connectivity index (χ2v) is 6.03. The first-order chi connectivity index (χ1) is 10.3. The Morgan fingerprint density at radius 1 is 1.27 bits per heavy atom. The first kappa shape index (κ1) is 18.2. The number of hydrogen-bond donors (Lipinski definition) is 2. The molecule has 9 heteroatoms. The Morgan fingerprint density at radius 2 is 1.91 bits per heavy atom.